The second-order valence-corrected chi connectivity index (χ2v) is 9.81. The molecule has 0 saturated heterocycles. The van der Waals surface area contributed by atoms with E-state index in [0.717, 1.165) is 5.69 Å². The number of anilines is 2. The van der Waals surface area contributed by atoms with Gasteiger partial charge in [-0.05, 0) is 55.0 Å². The summed E-state index contributed by atoms with van der Waals surface area (Å²) >= 11 is 12.6. The molecule has 2 aromatic carbocycles. The first kappa shape index (κ1) is 26.3. The number of fused-ring (bicyclic) bond motifs is 1. The Morgan fingerprint density at radius 1 is 1.03 bits per heavy atom. The van der Waals surface area contributed by atoms with Gasteiger partial charge in [-0.1, -0.05) is 35.3 Å². The predicted molar refractivity (Wildman–Crippen MR) is 148 cm³/mol. The van der Waals surface area contributed by atoms with Gasteiger partial charge in [0.25, 0.3) is 11.8 Å². The zero-order valence-corrected chi connectivity index (χ0v) is 22.2. The number of hydrogen-bond donors (Lipinski definition) is 2. The molecule has 9 nitrogen and oxygen atoms in total. The Morgan fingerprint density at radius 2 is 1.87 bits per heavy atom. The van der Waals surface area contributed by atoms with Crippen LogP contribution in [0.3, 0.4) is 0 Å². The molecule has 11 heteroatoms. The second-order valence-electron chi connectivity index (χ2n) is 8.96. The van der Waals surface area contributed by atoms with Crippen LogP contribution in [-0.4, -0.2) is 43.6 Å². The van der Waals surface area contributed by atoms with Crippen molar-refractivity contribution in [1.82, 2.24) is 19.9 Å². The van der Waals surface area contributed by atoms with Crippen molar-refractivity contribution in [3.63, 3.8) is 0 Å². The Morgan fingerprint density at radius 3 is 2.59 bits per heavy atom. The number of rotatable bonds is 6. The summed E-state index contributed by atoms with van der Waals surface area (Å²) < 4.78 is 0. The molecule has 3 amide bonds. The monoisotopic (exact) mass is 560 g/mol. The van der Waals surface area contributed by atoms with Crippen LogP contribution in [0.15, 0.2) is 73.2 Å². The van der Waals surface area contributed by atoms with E-state index in [1.54, 1.807) is 67.8 Å². The third-order valence-electron chi connectivity index (χ3n) is 6.19. The van der Waals surface area contributed by atoms with E-state index in [9.17, 15) is 14.4 Å². The minimum Gasteiger partial charge on any atom is -0.323 e. The van der Waals surface area contributed by atoms with E-state index >= 15 is 0 Å². The largest absolute Gasteiger partial charge is 0.323 e. The van der Waals surface area contributed by atoms with Crippen molar-refractivity contribution in [2.75, 3.05) is 10.6 Å². The summed E-state index contributed by atoms with van der Waals surface area (Å²) in [6.07, 6.45) is 4.84. The lowest BCUT2D eigenvalue weighted by Gasteiger charge is -2.29. The lowest BCUT2D eigenvalue weighted by atomic mass is 10.0. The molecular formula is C28H22Cl2N6O3. The van der Waals surface area contributed by atoms with Crippen molar-refractivity contribution in [1.29, 1.82) is 0 Å². The van der Waals surface area contributed by atoms with E-state index in [-0.39, 0.29) is 35.4 Å². The second kappa shape index (κ2) is 11.2. The maximum absolute atomic E-state index is 13.7. The number of amides is 3. The zero-order valence-electron chi connectivity index (χ0n) is 20.7. The number of nitrogens with one attached hydrogen (secondary N) is 2. The van der Waals surface area contributed by atoms with Crippen molar-refractivity contribution < 1.29 is 14.4 Å². The molecule has 0 bridgehead atoms. The van der Waals surface area contributed by atoms with Gasteiger partial charge in [0.15, 0.2) is 5.82 Å². The van der Waals surface area contributed by atoms with Gasteiger partial charge < -0.3 is 15.5 Å². The fourth-order valence-electron chi connectivity index (χ4n) is 4.24. The molecule has 0 spiro atoms. The van der Waals surface area contributed by atoms with Crippen LogP contribution < -0.4 is 10.6 Å². The van der Waals surface area contributed by atoms with Crippen LogP contribution in [0.25, 0.3) is 0 Å². The Kier molecular flexibility index (Phi) is 7.53. The molecule has 5 rings (SSSR count). The first-order valence-electron chi connectivity index (χ1n) is 12.0. The standard InChI is InChI=1S/C28H22Cl2N6O3/c1-16-13-33-25(14-32-16)35-26(37)20-7-5-17(10-22(20)30)15-36-24(12-19-4-2-3-9-31-19)27(38)34-23-11-18(29)6-8-21(23)28(36)39/h2-11,13-14,24H,12,15H2,1H3,(H,34,38)(H,33,35,37)/t24-/m1/s1. The topological polar surface area (TPSA) is 117 Å². The van der Waals surface area contributed by atoms with Gasteiger partial charge in [0.05, 0.1) is 39.9 Å². The lowest BCUT2D eigenvalue weighted by Crippen LogP contribution is -2.46. The highest BCUT2D eigenvalue weighted by molar-refractivity contribution is 6.34. The molecule has 0 fully saturated rings. The number of halogens is 2. The summed E-state index contributed by atoms with van der Waals surface area (Å²) in [6.45, 7) is 1.86. The SMILES string of the molecule is Cc1cnc(NC(=O)c2ccc(CN3C(=O)c4ccc(Cl)cc4NC(=O)[C@H]3Cc3ccccn3)cc2Cl)cn1. The maximum Gasteiger partial charge on any atom is 0.258 e. The number of carbonyl (C=O) groups excluding carboxylic acids is 3. The van der Waals surface area contributed by atoms with Crippen molar-refractivity contribution >= 4 is 52.4 Å². The van der Waals surface area contributed by atoms with Gasteiger partial charge >= 0.3 is 0 Å². The molecule has 3 heterocycles. The van der Waals surface area contributed by atoms with Crippen LogP contribution >= 0.6 is 23.2 Å². The summed E-state index contributed by atoms with van der Waals surface area (Å²) in [6, 6.07) is 14.1. The van der Waals surface area contributed by atoms with Gasteiger partial charge in [0.1, 0.15) is 6.04 Å². The minimum absolute atomic E-state index is 0.0663. The molecule has 2 aromatic heterocycles. The Labute approximate surface area is 234 Å². The number of aromatic nitrogens is 3. The fourth-order valence-corrected chi connectivity index (χ4v) is 4.70. The summed E-state index contributed by atoms with van der Waals surface area (Å²) in [5, 5.41) is 6.09. The number of aryl methyl sites for hydroxylation is 1. The van der Waals surface area contributed by atoms with E-state index in [4.69, 9.17) is 23.2 Å². The molecule has 196 valence electrons. The van der Waals surface area contributed by atoms with Crippen LogP contribution in [0.1, 0.15) is 37.7 Å². The average Bonchev–Trinajstić information content (AvgIpc) is 3.00. The van der Waals surface area contributed by atoms with Crippen LogP contribution in [0.2, 0.25) is 10.0 Å². The van der Waals surface area contributed by atoms with E-state index < -0.39 is 11.9 Å². The van der Waals surface area contributed by atoms with Crippen molar-refractivity contribution in [2.24, 2.45) is 0 Å². The van der Waals surface area contributed by atoms with Crippen LogP contribution in [0, 0.1) is 6.92 Å². The number of benzene rings is 2. The molecule has 0 radical (unpaired) electrons. The highest BCUT2D eigenvalue weighted by Gasteiger charge is 2.36. The molecule has 1 atom stereocenters. The Hall–Kier alpha value is -4.34. The molecule has 0 saturated carbocycles. The zero-order chi connectivity index (χ0) is 27.5. The van der Waals surface area contributed by atoms with E-state index in [0.29, 0.717) is 33.3 Å². The van der Waals surface area contributed by atoms with Crippen LogP contribution in [0.5, 0.6) is 0 Å². The van der Waals surface area contributed by atoms with Gasteiger partial charge in [0, 0.05) is 29.9 Å². The van der Waals surface area contributed by atoms with Crippen molar-refractivity contribution in [2.45, 2.75) is 25.9 Å². The summed E-state index contributed by atoms with van der Waals surface area (Å²) in [5.74, 6) is -0.870. The van der Waals surface area contributed by atoms with E-state index in [2.05, 4.69) is 25.6 Å². The molecule has 1 aliphatic heterocycles. The molecule has 0 unspecified atom stereocenters. The molecular weight excluding hydrogens is 539 g/mol. The van der Waals surface area contributed by atoms with Gasteiger partial charge in [-0.2, -0.15) is 0 Å². The third-order valence-corrected chi connectivity index (χ3v) is 6.74. The predicted octanol–water partition coefficient (Wildman–Crippen LogP) is 4.94. The summed E-state index contributed by atoms with van der Waals surface area (Å²) in [4.78, 5) is 54.0. The molecule has 0 aliphatic carbocycles. The number of carbonyl (C=O) groups is 3. The third kappa shape index (κ3) is 5.89. The Balaban J connectivity index is 1.44. The average molecular weight is 561 g/mol. The van der Waals surface area contributed by atoms with E-state index in [1.807, 2.05) is 6.07 Å². The molecule has 1 aliphatic rings. The number of pyridine rings is 1. The van der Waals surface area contributed by atoms with Crippen molar-refractivity contribution in [3.05, 3.63) is 111 Å². The van der Waals surface area contributed by atoms with Gasteiger partial charge in [-0.15, -0.1) is 0 Å². The molecule has 39 heavy (non-hydrogen) atoms. The summed E-state index contributed by atoms with van der Waals surface area (Å²) in [7, 11) is 0. The lowest BCUT2D eigenvalue weighted by molar-refractivity contribution is -0.120. The minimum atomic E-state index is -0.861. The van der Waals surface area contributed by atoms with Gasteiger partial charge in [-0.25, -0.2) is 4.98 Å². The molecule has 2 N–H and O–H groups in total. The number of hydrogen-bond acceptors (Lipinski definition) is 6. The first-order valence-corrected chi connectivity index (χ1v) is 12.7. The highest BCUT2D eigenvalue weighted by atomic mass is 35.5. The number of nitrogens with zero attached hydrogens (tertiary/aromatic N) is 4. The van der Waals surface area contributed by atoms with E-state index in [1.165, 1.54) is 11.1 Å². The van der Waals surface area contributed by atoms with Crippen molar-refractivity contribution in [3.8, 4) is 0 Å². The summed E-state index contributed by atoms with van der Waals surface area (Å²) in [5.41, 5.74) is 2.90. The van der Waals surface area contributed by atoms with Crippen LogP contribution in [0.4, 0.5) is 11.5 Å². The normalized spacial score (nSPS) is 14.8. The van der Waals surface area contributed by atoms with Gasteiger partial charge in [-0.3, -0.25) is 24.4 Å². The smallest absolute Gasteiger partial charge is 0.258 e. The Bertz CT molecular complexity index is 1560. The quantitative estimate of drug-likeness (QED) is 0.344. The maximum atomic E-state index is 13.7. The first-order chi connectivity index (χ1) is 18.8. The van der Waals surface area contributed by atoms with Gasteiger partial charge in [0.2, 0.25) is 5.91 Å². The highest BCUT2D eigenvalue weighted by Crippen LogP contribution is 2.29. The fraction of sp³-hybridized carbons (Fsp3) is 0.143. The molecule has 4 aromatic rings. The van der Waals surface area contributed by atoms with Crippen LogP contribution in [-0.2, 0) is 17.8 Å².